The van der Waals surface area contributed by atoms with Crippen LogP contribution in [0.15, 0.2) is 18.2 Å². The first-order chi connectivity index (χ1) is 10.3. The molecule has 1 aromatic carbocycles. The summed E-state index contributed by atoms with van der Waals surface area (Å²) in [5.74, 6) is 0.644. The van der Waals surface area contributed by atoms with Crippen molar-refractivity contribution in [2.45, 2.75) is 26.2 Å². The lowest BCUT2D eigenvalue weighted by atomic mass is 10.00. The quantitative estimate of drug-likeness (QED) is 0.925. The van der Waals surface area contributed by atoms with Crippen molar-refractivity contribution in [3.63, 3.8) is 0 Å². The Hall–Kier alpha value is -1.55. The van der Waals surface area contributed by atoms with Gasteiger partial charge in [0.25, 0.3) is 5.91 Å². The molecule has 0 saturated carbocycles. The number of amides is 1. The van der Waals surface area contributed by atoms with Gasteiger partial charge in [-0.1, -0.05) is 0 Å². The molecule has 0 aliphatic carbocycles. The van der Waals surface area contributed by atoms with Crippen LogP contribution in [0.1, 0.15) is 35.7 Å². The first-order valence-electron chi connectivity index (χ1n) is 8.01. The molecule has 2 aliphatic heterocycles. The average molecular weight is 288 g/mol. The summed E-state index contributed by atoms with van der Waals surface area (Å²) < 4.78 is 5.42. The second-order valence-corrected chi connectivity index (χ2v) is 5.98. The van der Waals surface area contributed by atoms with Crippen molar-refractivity contribution in [2.75, 3.05) is 38.2 Å². The van der Waals surface area contributed by atoms with E-state index >= 15 is 0 Å². The molecule has 114 valence electrons. The monoisotopic (exact) mass is 288 g/mol. The van der Waals surface area contributed by atoms with Gasteiger partial charge in [0.2, 0.25) is 0 Å². The molecule has 0 aromatic heterocycles. The van der Waals surface area contributed by atoms with Crippen LogP contribution in [0.3, 0.4) is 0 Å². The Labute approximate surface area is 126 Å². The Balaban J connectivity index is 1.73. The molecule has 4 nitrogen and oxygen atoms in total. The van der Waals surface area contributed by atoms with E-state index in [1.54, 1.807) is 0 Å². The van der Waals surface area contributed by atoms with Crippen molar-refractivity contribution in [3.05, 3.63) is 29.3 Å². The highest BCUT2D eigenvalue weighted by molar-refractivity contribution is 5.95. The van der Waals surface area contributed by atoms with Gasteiger partial charge in [-0.25, -0.2) is 0 Å². The van der Waals surface area contributed by atoms with E-state index in [2.05, 4.69) is 11.4 Å². The van der Waals surface area contributed by atoms with Crippen LogP contribution in [0.5, 0.6) is 0 Å². The highest BCUT2D eigenvalue weighted by atomic mass is 16.5. The minimum Gasteiger partial charge on any atom is -0.385 e. The van der Waals surface area contributed by atoms with Crippen molar-refractivity contribution in [2.24, 2.45) is 5.92 Å². The molecule has 0 radical (unpaired) electrons. The Kier molecular flexibility index (Phi) is 4.44. The third kappa shape index (κ3) is 3.21. The maximum absolute atomic E-state index is 12.7. The normalized spacial score (nSPS) is 20.7. The molecule has 4 heteroatoms. The fraction of sp³-hybridized carbons (Fsp3) is 0.588. The van der Waals surface area contributed by atoms with Gasteiger partial charge in [-0.3, -0.25) is 4.79 Å². The maximum atomic E-state index is 12.7. The smallest absolute Gasteiger partial charge is 0.253 e. The number of hydrogen-bond acceptors (Lipinski definition) is 3. The molecular formula is C17H24N2O2. The van der Waals surface area contributed by atoms with Crippen LogP contribution in [0.2, 0.25) is 0 Å². The van der Waals surface area contributed by atoms with Gasteiger partial charge in [0.15, 0.2) is 0 Å². The molecule has 0 bridgehead atoms. The van der Waals surface area contributed by atoms with Crippen LogP contribution in [0.25, 0.3) is 0 Å². The van der Waals surface area contributed by atoms with Crippen LogP contribution >= 0.6 is 0 Å². The third-order valence-corrected chi connectivity index (χ3v) is 4.46. The third-order valence-electron chi connectivity index (χ3n) is 4.46. The van der Waals surface area contributed by atoms with Gasteiger partial charge in [0.05, 0.1) is 6.61 Å². The lowest BCUT2D eigenvalue weighted by molar-refractivity contribution is 0.0730. The molecule has 2 aliphatic rings. The SMILES string of the molecule is CCN(CC1CCOC1)C(=O)c1ccc2c(c1)CCCN2. The van der Waals surface area contributed by atoms with E-state index in [1.807, 2.05) is 24.0 Å². The van der Waals surface area contributed by atoms with Gasteiger partial charge in [0.1, 0.15) is 0 Å². The summed E-state index contributed by atoms with van der Waals surface area (Å²) >= 11 is 0. The van der Waals surface area contributed by atoms with Crippen LogP contribution in [0, 0.1) is 5.92 Å². The zero-order valence-electron chi connectivity index (χ0n) is 12.7. The molecule has 1 saturated heterocycles. The lowest BCUT2D eigenvalue weighted by Gasteiger charge is -2.25. The minimum atomic E-state index is 0.151. The Bertz CT molecular complexity index is 510. The molecule has 1 amide bonds. The van der Waals surface area contributed by atoms with E-state index in [-0.39, 0.29) is 5.91 Å². The number of rotatable bonds is 4. The van der Waals surface area contributed by atoms with E-state index in [4.69, 9.17) is 4.74 Å². The molecule has 21 heavy (non-hydrogen) atoms. The van der Waals surface area contributed by atoms with Gasteiger partial charge >= 0.3 is 0 Å². The lowest BCUT2D eigenvalue weighted by Crippen LogP contribution is -2.35. The number of carbonyl (C=O) groups excluding carboxylic acids is 1. The zero-order valence-corrected chi connectivity index (χ0v) is 12.7. The summed E-state index contributed by atoms with van der Waals surface area (Å²) in [4.78, 5) is 14.7. The van der Waals surface area contributed by atoms with Gasteiger partial charge in [-0.15, -0.1) is 0 Å². The molecular weight excluding hydrogens is 264 g/mol. The predicted octanol–water partition coefficient (Wildman–Crippen LogP) is 2.54. The standard InChI is InChI=1S/C17H24N2O2/c1-2-19(11-13-7-9-21-12-13)17(20)15-5-6-16-14(10-15)4-3-8-18-16/h5-6,10,13,18H,2-4,7-9,11-12H2,1H3. The number of ether oxygens (including phenoxy) is 1. The number of carbonyl (C=O) groups is 1. The number of hydrogen-bond donors (Lipinski definition) is 1. The van der Waals surface area contributed by atoms with Crippen molar-refractivity contribution >= 4 is 11.6 Å². The fourth-order valence-corrected chi connectivity index (χ4v) is 3.19. The summed E-state index contributed by atoms with van der Waals surface area (Å²) in [6.45, 7) is 6.27. The van der Waals surface area contributed by atoms with Gasteiger partial charge in [-0.05, 0) is 49.9 Å². The number of fused-ring (bicyclic) bond motifs is 1. The first kappa shape index (κ1) is 14.4. The number of nitrogens with one attached hydrogen (secondary N) is 1. The highest BCUT2D eigenvalue weighted by Gasteiger charge is 2.23. The van der Waals surface area contributed by atoms with Gasteiger partial charge in [-0.2, -0.15) is 0 Å². The summed E-state index contributed by atoms with van der Waals surface area (Å²) in [6.07, 6.45) is 3.27. The van der Waals surface area contributed by atoms with Crippen LogP contribution in [-0.4, -0.2) is 43.7 Å². The summed E-state index contributed by atoms with van der Waals surface area (Å²) in [5.41, 5.74) is 3.27. The molecule has 0 spiro atoms. The molecule has 1 atom stereocenters. The molecule has 1 aromatic rings. The zero-order chi connectivity index (χ0) is 14.7. The first-order valence-corrected chi connectivity index (χ1v) is 8.01. The fourth-order valence-electron chi connectivity index (χ4n) is 3.19. The largest absolute Gasteiger partial charge is 0.385 e. The number of anilines is 1. The summed E-state index contributed by atoms with van der Waals surface area (Å²) in [6, 6.07) is 6.07. The Morgan fingerprint density at radius 2 is 2.38 bits per heavy atom. The van der Waals surface area contributed by atoms with Crippen LogP contribution < -0.4 is 5.32 Å². The van der Waals surface area contributed by atoms with Crippen molar-refractivity contribution < 1.29 is 9.53 Å². The van der Waals surface area contributed by atoms with Gasteiger partial charge < -0.3 is 15.0 Å². The second-order valence-electron chi connectivity index (χ2n) is 5.98. The van der Waals surface area contributed by atoms with E-state index in [1.165, 1.54) is 11.3 Å². The molecule has 3 rings (SSSR count). The second kappa shape index (κ2) is 6.48. The Morgan fingerprint density at radius 1 is 1.48 bits per heavy atom. The number of aryl methyl sites for hydroxylation is 1. The van der Waals surface area contributed by atoms with E-state index < -0.39 is 0 Å². The van der Waals surface area contributed by atoms with Gasteiger partial charge in [0, 0.05) is 43.4 Å². The van der Waals surface area contributed by atoms with Crippen LogP contribution in [0.4, 0.5) is 5.69 Å². The molecule has 1 N–H and O–H groups in total. The topological polar surface area (TPSA) is 41.6 Å². The highest BCUT2D eigenvalue weighted by Crippen LogP contribution is 2.24. The average Bonchev–Trinajstić information content (AvgIpc) is 3.04. The summed E-state index contributed by atoms with van der Waals surface area (Å²) in [5, 5.41) is 3.39. The molecule has 2 heterocycles. The van der Waals surface area contributed by atoms with E-state index in [0.29, 0.717) is 5.92 Å². The Morgan fingerprint density at radius 3 is 3.14 bits per heavy atom. The molecule has 1 fully saturated rings. The van der Waals surface area contributed by atoms with E-state index in [9.17, 15) is 4.79 Å². The number of nitrogens with zero attached hydrogens (tertiary/aromatic N) is 1. The maximum Gasteiger partial charge on any atom is 0.253 e. The predicted molar refractivity (Wildman–Crippen MR) is 83.8 cm³/mol. The van der Waals surface area contributed by atoms with Crippen molar-refractivity contribution in [1.29, 1.82) is 0 Å². The van der Waals surface area contributed by atoms with E-state index in [0.717, 1.165) is 57.7 Å². The molecule has 1 unspecified atom stereocenters. The van der Waals surface area contributed by atoms with Crippen molar-refractivity contribution in [3.8, 4) is 0 Å². The summed E-state index contributed by atoms with van der Waals surface area (Å²) in [7, 11) is 0. The number of benzene rings is 1. The minimum absolute atomic E-state index is 0.151. The van der Waals surface area contributed by atoms with Crippen molar-refractivity contribution in [1.82, 2.24) is 4.90 Å². The van der Waals surface area contributed by atoms with Crippen LogP contribution in [-0.2, 0) is 11.2 Å².